The lowest BCUT2D eigenvalue weighted by molar-refractivity contribution is 0.281. The van der Waals surface area contributed by atoms with Crippen molar-refractivity contribution in [3.05, 3.63) is 30.3 Å². The number of halogens is 1. The van der Waals surface area contributed by atoms with Gasteiger partial charge >= 0.3 is 7.32 Å². The van der Waals surface area contributed by atoms with Crippen LogP contribution in [0.3, 0.4) is 0 Å². The molecule has 0 saturated heterocycles. The Morgan fingerprint density at radius 1 is 1.29 bits per heavy atom. The molecule has 0 unspecified atom stereocenters. The summed E-state index contributed by atoms with van der Waals surface area (Å²) in [6.07, 6.45) is 1.36. The molecular weight excluding hydrogens is 190 g/mol. The summed E-state index contributed by atoms with van der Waals surface area (Å²) in [5.41, 5.74) is 0.151. The zero-order chi connectivity index (χ0) is 10.1. The van der Waals surface area contributed by atoms with Crippen LogP contribution in [-0.4, -0.2) is 17.4 Å². The molecule has 0 amide bonds. The van der Waals surface area contributed by atoms with Crippen LogP contribution in [-0.2, 0) is 0 Å². The molecular formula is C8H6BFO4. The van der Waals surface area contributed by atoms with Crippen molar-refractivity contribution in [2.75, 3.05) is 0 Å². The van der Waals surface area contributed by atoms with Gasteiger partial charge in [0.05, 0.1) is 6.26 Å². The van der Waals surface area contributed by atoms with Gasteiger partial charge in [0.1, 0.15) is 0 Å². The van der Waals surface area contributed by atoms with Gasteiger partial charge in [-0.05, 0) is 18.2 Å². The summed E-state index contributed by atoms with van der Waals surface area (Å²) in [5.74, 6) is -1.01. The molecule has 2 aromatic rings. The molecule has 0 saturated carbocycles. The predicted octanol–water partition coefficient (Wildman–Crippen LogP) is 0.920. The van der Waals surface area contributed by atoms with Gasteiger partial charge < -0.3 is 19.1 Å². The molecule has 0 aliphatic carbocycles. The highest BCUT2D eigenvalue weighted by Crippen LogP contribution is 2.29. The molecule has 0 aliphatic heterocycles. The molecule has 6 heteroatoms. The van der Waals surface area contributed by atoms with Gasteiger partial charge in [0, 0.05) is 5.39 Å². The average molecular weight is 196 g/mol. The van der Waals surface area contributed by atoms with E-state index in [2.05, 4.69) is 4.65 Å². The van der Waals surface area contributed by atoms with E-state index in [0.717, 1.165) is 6.07 Å². The first kappa shape index (κ1) is 9.05. The molecule has 0 radical (unpaired) electrons. The maximum absolute atomic E-state index is 13.2. The Labute approximate surface area is 78.7 Å². The van der Waals surface area contributed by atoms with Crippen LogP contribution < -0.4 is 4.65 Å². The first-order valence-electron chi connectivity index (χ1n) is 3.87. The SMILES string of the molecule is OB(O)Oc1c(F)ccc2ccoc12. The third-order valence-electron chi connectivity index (χ3n) is 1.75. The minimum atomic E-state index is -2.07. The van der Waals surface area contributed by atoms with E-state index in [4.69, 9.17) is 14.5 Å². The Bertz CT molecular complexity index is 454. The van der Waals surface area contributed by atoms with E-state index in [9.17, 15) is 4.39 Å². The van der Waals surface area contributed by atoms with Crippen LogP contribution in [0.15, 0.2) is 28.9 Å². The van der Waals surface area contributed by atoms with Crippen LogP contribution in [0.2, 0.25) is 0 Å². The van der Waals surface area contributed by atoms with Crippen molar-refractivity contribution in [2.24, 2.45) is 0 Å². The number of fused-ring (bicyclic) bond motifs is 1. The summed E-state index contributed by atoms with van der Waals surface area (Å²) < 4.78 is 22.6. The highest BCUT2D eigenvalue weighted by molar-refractivity contribution is 6.34. The topological polar surface area (TPSA) is 62.8 Å². The molecule has 0 aliphatic rings. The highest BCUT2D eigenvalue weighted by atomic mass is 19.1. The van der Waals surface area contributed by atoms with E-state index < -0.39 is 13.1 Å². The van der Waals surface area contributed by atoms with Gasteiger partial charge in [-0.25, -0.2) is 4.39 Å². The Kier molecular flexibility index (Phi) is 2.15. The Hall–Kier alpha value is -1.53. The zero-order valence-corrected chi connectivity index (χ0v) is 6.98. The fourth-order valence-electron chi connectivity index (χ4n) is 1.20. The van der Waals surface area contributed by atoms with Gasteiger partial charge in [0.2, 0.25) is 0 Å². The lowest BCUT2D eigenvalue weighted by Gasteiger charge is -2.05. The molecule has 1 aromatic carbocycles. The van der Waals surface area contributed by atoms with Crippen LogP contribution in [0.25, 0.3) is 11.0 Å². The first-order chi connectivity index (χ1) is 6.68. The van der Waals surface area contributed by atoms with Crippen LogP contribution in [0.5, 0.6) is 5.75 Å². The first-order valence-corrected chi connectivity index (χ1v) is 3.87. The highest BCUT2D eigenvalue weighted by Gasteiger charge is 2.18. The number of hydrogen-bond donors (Lipinski definition) is 2. The second kappa shape index (κ2) is 3.32. The van der Waals surface area contributed by atoms with Crippen molar-refractivity contribution in [3.63, 3.8) is 0 Å². The summed E-state index contributed by atoms with van der Waals surface area (Å²) in [4.78, 5) is 0. The maximum Gasteiger partial charge on any atom is 0.707 e. The van der Waals surface area contributed by atoms with Gasteiger partial charge in [0.25, 0.3) is 0 Å². The summed E-state index contributed by atoms with van der Waals surface area (Å²) >= 11 is 0. The minimum absolute atomic E-state index is 0.151. The van der Waals surface area contributed by atoms with Crippen molar-refractivity contribution < 1.29 is 23.5 Å². The largest absolute Gasteiger partial charge is 0.707 e. The number of furan rings is 1. The number of hydrogen-bond acceptors (Lipinski definition) is 4. The predicted molar refractivity (Wildman–Crippen MR) is 47.0 cm³/mol. The number of rotatable bonds is 2. The van der Waals surface area contributed by atoms with E-state index >= 15 is 0 Å². The van der Waals surface area contributed by atoms with E-state index in [1.54, 1.807) is 6.07 Å². The smallest absolute Gasteiger partial charge is 0.507 e. The second-order valence-electron chi connectivity index (χ2n) is 2.66. The summed E-state index contributed by atoms with van der Waals surface area (Å²) in [6, 6.07) is 4.28. The molecule has 14 heavy (non-hydrogen) atoms. The Balaban J connectivity index is 2.58. The fraction of sp³-hybridized carbons (Fsp3) is 0. The van der Waals surface area contributed by atoms with Crippen LogP contribution in [0, 0.1) is 5.82 Å². The van der Waals surface area contributed by atoms with Crippen LogP contribution in [0.1, 0.15) is 0 Å². The van der Waals surface area contributed by atoms with E-state index in [1.165, 1.54) is 12.3 Å². The van der Waals surface area contributed by atoms with E-state index in [-0.39, 0.29) is 11.3 Å². The average Bonchev–Trinajstić information content (AvgIpc) is 2.57. The van der Waals surface area contributed by atoms with Crippen molar-refractivity contribution in [1.29, 1.82) is 0 Å². The molecule has 1 heterocycles. The second-order valence-corrected chi connectivity index (χ2v) is 2.66. The van der Waals surface area contributed by atoms with Crippen LogP contribution >= 0.6 is 0 Å². The van der Waals surface area contributed by atoms with Gasteiger partial charge in [0.15, 0.2) is 17.1 Å². The summed E-state index contributed by atoms with van der Waals surface area (Å²) in [5, 5.41) is 17.7. The third kappa shape index (κ3) is 1.45. The molecule has 0 fully saturated rings. The minimum Gasteiger partial charge on any atom is -0.507 e. The lowest BCUT2D eigenvalue weighted by Crippen LogP contribution is -2.21. The molecule has 2 rings (SSSR count). The Morgan fingerprint density at radius 2 is 2.07 bits per heavy atom. The molecule has 4 nitrogen and oxygen atoms in total. The van der Waals surface area contributed by atoms with Gasteiger partial charge in [-0.2, -0.15) is 0 Å². The van der Waals surface area contributed by atoms with Crippen molar-refractivity contribution in [3.8, 4) is 5.75 Å². The Morgan fingerprint density at radius 3 is 2.79 bits per heavy atom. The molecule has 0 atom stereocenters. The van der Waals surface area contributed by atoms with Crippen molar-refractivity contribution in [2.45, 2.75) is 0 Å². The normalized spacial score (nSPS) is 10.5. The van der Waals surface area contributed by atoms with Crippen molar-refractivity contribution in [1.82, 2.24) is 0 Å². The fourth-order valence-corrected chi connectivity index (χ4v) is 1.20. The molecule has 72 valence electrons. The third-order valence-corrected chi connectivity index (χ3v) is 1.75. The lowest BCUT2D eigenvalue weighted by atomic mass is 10.2. The monoisotopic (exact) mass is 196 g/mol. The molecule has 0 spiro atoms. The van der Waals surface area contributed by atoms with Crippen LogP contribution in [0.4, 0.5) is 4.39 Å². The standard InChI is InChI=1S/C8H6BFO4/c10-6-2-1-5-3-4-13-7(5)8(6)14-9(11)12/h1-4,11-12H. The molecule has 0 bridgehead atoms. The van der Waals surface area contributed by atoms with Crippen molar-refractivity contribution >= 4 is 18.3 Å². The summed E-state index contributed by atoms with van der Waals surface area (Å²) in [6.45, 7) is 0. The number of benzene rings is 1. The molecule has 1 aromatic heterocycles. The van der Waals surface area contributed by atoms with Gasteiger partial charge in [-0.3, -0.25) is 0 Å². The van der Waals surface area contributed by atoms with Gasteiger partial charge in [-0.1, -0.05) is 0 Å². The maximum atomic E-state index is 13.2. The summed E-state index contributed by atoms with van der Waals surface area (Å²) in [7, 11) is -2.07. The molecule has 2 N–H and O–H groups in total. The van der Waals surface area contributed by atoms with Gasteiger partial charge in [-0.15, -0.1) is 0 Å². The van der Waals surface area contributed by atoms with E-state index in [0.29, 0.717) is 5.39 Å². The van der Waals surface area contributed by atoms with E-state index in [1.807, 2.05) is 0 Å². The quantitative estimate of drug-likeness (QED) is 0.701. The zero-order valence-electron chi connectivity index (χ0n) is 6.98.